The molecule has 106 valence electrons. The molecule has 1 saturated carbocycles. The molecule has 0 aromatic carbocycles. The summed E-state index contributed by atoms with van der Waals surface area (Å²) in [5, 5.41) is 10.4. The van der Waals surface area contributed by atoms with Gasteiger partial charge in [0.15, 0.2) is 5.16 Å². The zero-order valence-electron chi connectivity index (χ0n) is 11.2. The van der Waals surface area contributed by atoms with E-state index in [2.05, 4.69) is 25.5 Å². The second kappa shape index (κ2) is 5.66. The SMILES string of the molecule is CCNc1cnc(CSc2n[nH]c(=O)n2C2CC2)cn1. The van der Waals surface area contributed by atoms with Gasteiger partial charge in [-0.05, 0) is 19.8 Å². The zero-order valence-corrected chi connectivity index (χ0v) is 12.0. The lowest BCUT2D eigenvalue weighted by molar-refractivity contribution is 0.642. The van der Waals surface area contributed by atoms with Crippen LogP contribution in [0.15, 0.2) is 22.3 Å². The molecule has 1 fully saturated rings. The van der Waals surface area contributed by atoms with Crippen molar-refractivity contribution in [3.8, 4) is 0 Å². The Morgan fingerprint density at radius 3 is 2.95 bits per heavy atom. The van der Waals surface area contributed by atoms with E-state index in [1.165, 1.54) is 11.8 Å². The molecule has 3 rings (SSSR count). The Morgan fingerprint density at radius 1 is 1.45 bits per heavy atom. The molecule has 2 N–H and O–H groups in total. The third-order valence-corrected chi connectivity index (χ3v) is 3.98. The van der Waals surface area contributed by atoms with Crippen LogP contribution in [0.25, 0.3) is 0 Å². The summed E-state index contributed by atoms with van der Waals surface area (Å²) in [4.78, 5) is 20.3. The van der Waals surface area contributed by atoms with Crippen LogP contribution in [0.3, 0.4) is 0 Å². The summed E-state index contributed by atoms with van der Waals surface area (Å²) in [6.07, 6.45) is 5.59. The number of hydrogen-bond donors (Lipinski definition) is 2. The minimum atomic E-state index is -0.122. The van der Waals surface area contributed by atoms with Crippen LogP contribution in [0.1, 0.15) is 31.5 Å². The molecule has 0 radical (unpaired) electrons. The third kappa shape index (κ3) is 2.84. The lowest BCUT2D eigenvalue weighted by atomic mass is 10.5. The van der Waals surface area contributed by atoms with Gasteiger partial charge in [0, 0.05) is 18.3 Å². The highest BCUT2D eigenvalue weighted by Crippen LogP contribution is 2.36. The van der Waals surface area contributed by atoms with E-state index >= 15 is 0 Å². The van der Waals surface area contributed by atoms with Gasteiger partial charge in [-0.3, -0.25) is 9.55 Å². The molecule has 0 unspecified atom stereocenters. The predicted molar refractivity (Wildman–Crippen MR) is 76.9 cm³/mol. The molecule has 0 bridgehead atoms. The first-order valence-corrected chi connectivity index (χ1v) is 7.61. The second-order valence-corrected chi connectivity index (χ2v) is 5.57. The molecular weight excluding hydrogens is 276 g/mol. The fourth-order valence-corrected chi connectivity index (χ4v) is 2.79. The smallest absolute Gasteiger partial charge is 0.344 e. The average molecular weight is 292 g/mol. The van der Waals surface area contributed by atoms with Crippen molar-refractivity contribution in [2.45, 2.75) is 36.7 Å². The number of nitrogens with one attached hydrogen (secondary N) is 2. The molecule has 2 aromatic rings. The van der Waals surface area contributed by atoms with E-state index in [-0.39, 0.29) is 5.69 Å². The highest BCUT2D eigenvalue weighted by atomic mass is 32.2. The average Bonchev–Trinajstić information content (AvgIpc) is 3.22. The first-order valence-electron chi connectivity index (χ1n) is 6.62. The van der Waals surface area contributed by atoms with E-state index < -0.39 is 0 Å². The maximum atomic E-state index is 11.6. The highest BCUT2D eigenvalue weighted by molar-refractivity contribution is 7.98. The largest absolute Gasteiger partial charge is 0.369 e. The van der Waals surface area contributed by atoms with Crippen LogP contribution in [0, 0.1) is 0 Å². The number of anilines is 1. The van der Waals surface area contributed by atoms with Gasteiger partial charge in [0.25, 0.3) is 0 Å². The fourth-order valence-electron chi connectivity index (χ4n) is 1.89. The summed E-state index contributed by atoms with van der Waals surface area (Å²) in [5.41, 5.74) is 0.748. The molecule has 7 nitrogen and oxygen atoms in total. The van der Waals surface area contributed by atoms with Crippen molar-refractivity contribution < 1.29 is 0 Å². The van der Waals surface area contributed by atoms with Gasteiger partial charge < -0.3 is 5.32 Å². The Kier molecular flexibility index (Phi) is 3.72. The van der Waals surface area contributed by atoms with E-state index in [9.17, 15) is 4.79 Å². The predicted octanol–water partition coefficient (Wildman–Crippen LogP) is 1.42. The molecule has 0 spiro atoms. The van der Waals surface area contributed by atoms with Crippen LogP contribution in [0.5, 0.6) is 0 Å². The van der Waals surface area contributed by atoms with Gasteiger partial charge in [0.2, 0.25) is 0 Å². The van der Waals surface area contributed by atoms with E-state index in [1.54, 1.807) is 17.0 Å². The number of nitrogens with zero attached hydrogens (tertiary/aromatic N) is 4. The molecule has 1 aliphatic carbocycles. The summed E-state index contributed by atoms with van der Waals surface area (Å²) >= 11 is 1.51. The van der Waals surface area contributed by atoms with Gasteiger partial charge in [-0.1, -0.05) is 11.8 Å². The zero-order chi connectivity index (χ0) is 13.9. The Morgan fingerprint density at radius 2 is 2.30 bits per heavy atom. The Balaban J connectivity index is 1.66. The summed E-state index contributed by atoms with van der Waals surface area (Å²) in [6.45, 7) is 2.84. The maximum Gasteiger partial charge on any atom is 0.344 e. The van der Waals surface area contributed by atoms with E-state index in [0.29, 0.717) is 11.8 Å². The van der Waals surface area contributed by atoms with Crippen LogP contribution in [-0.4, -0.2) is 31.3 Å². The minimum Gasteiger partial charge on any atom is -0.369 e. The number of thioether (sulfide) groups is 1. The molecule has 2 aromatic heterocycles. The van der Waals surface area contributed by atoms with Crippen LogP contribution >= 0.6 is 11.8 Å². The van der Waals surface area contributed by atoms with Gasteiger partial charge in [0.1, 0.15) is 5.82 Å². The van der Waals surface area contributed by atoms with E-state index in [4.69, 9.17) is 0 Å². The van der Waals surface area contributed by atoms with Gasteiger partial charge in [-0.15, -0.1) is 5.10 Å². The van der Waals surface area contributed by atoms with Crippen LogP contribution < -0.4 is 11.0 Å². The van der Waals surface area contributed by atoms with Crippen molar-refractivity contribution in [3.05, 3.63) is 28.6 Å². The van der Waals surface area contributed by atoms with Gasteiger partial charge in [-0.2, -0.15) is 0 Å². The number of hydrogen-bond acceptors (Lipinski definition) is 6. The fraction of sp³-hybridized carbons (Fsp3) is 0.500. The number of H-pyrrole nitrogens is 1. The molecule has 0 aliphatic heterocycles. The summed E-state index contributed by atoms with van der Waals surface area (Å²) < 4.78 is 1.74. The molecule has 1 aliphatic rings. The first kappa shape index (κ1) is 13.2. The van der Waals surface area contributed by atoms with Crippen molar-refractivity contribution in [3.63, 3.8) is 0 Å². The van der Waals surface area contributed by atoms with E-state index in [1.807, 2.05) is 6.92 Å². The highest BCUT2D eigenvalue weighted by Gasteiger charge is 2.28. The van der Waals surface area contributed by atoms with Crippen LogP contribution in [-0.2, 0) is 5.75 Å². The van der Waals surface area contributed by atoms with E-state index in [0.717, 1.165) is 36.1 Å². The van der Waals surface area contributed by atoms with Crippen molar-refractivity contribution in [2.75, 3.05) is 11.9 Å². The number of aromatic nitrogens is 5. The van der Waals surface area contributed by atoms with Crippen molar-refractivity contribution in [1.29, 1.82) is 0 Å². The second-order valence-electron chi connectivity index (χ2n) is 4.62. The lowest BCUT2D eigenvalue weighted by Gasteiger charge is -2.04. The topological polar surface area (TPSA) is 88.5 Å². The van der Waals surface area contributed by atoms with Crippen molar-refractivity contribution in [1.82, 2.24) is 24.7 Å². The summed E-state index contributed by atoms with van der Waals surface area (Å²) in [7, 11) is 0. The van der Waals surface area contributed by atoms with Gasteiger partial charge in [-0.25, -0.2) is 14.9 Å². The van der Waals surface area contributed by atoms with Crippen LogP contribution in [0.2, 0.25) is 0 Å². The molecule has 2 heterocycles. The summed E-state index contributed by atoms with van der Waals surface area (Å²) in [5.74, 6) is 1.42. The first-order chi connectivity index (χ1) is 9.78. The monoisotopic (exact) mass is 292 g/mol. The quantitative estimate of drug-likeness (QED) is 0.783. The minimum absolute atomic E-state index is 0.122. The van der Waals surface area contributed by atoms with Crippen molar-refractivity contribution in [2.24, 2.45) is 0 Å². The van der Waals surface area contributed by atoms with Crippen molar-refractivity contribution >= 4 is 17.6 Å². The molecular formula is C12H16N6OS. The molecule has 20 heavy (non-hydrogen) atoms. The third-order valence-electron chi connectivity index (χ3n) is 3.00. The normalized spacial score (nSPS) is 14.4. The van der Waals surface area contributed by atoms with Crippen LogP contribution in [0.4, 0.5) is 5.82 Å². The lowest BCUT2D eigenvalue weighted by Crippen LogP contribution is -2.16. The van der Waals surface area contributed by atoms with Gasteiger partial charge >= 0.3 is 5.69 Å². The summed E-state index contributed by atoms with van der Waals surface area (Å²) in [6, 6.07) is 0.325. The number of aromatic amines is 1. The maximum absolute atomic E-state index is 11.6. The standard InChI is InChI=1S/C12H16N6OS/c1-2-13-10-6-14-8(5-15-10)7-20-12-17-16-11(19)18(12)9-3-4-9/h5-6,9H,2-4,7H2,1H3,(H,13,15)(H,16,19). The molecule has 0 saturated heterocycles. The Labute approximate surface area is 120 Å². The Bertz CT molecular complexity index is 630. The molecule has 0 atom stereocenters. The van der Waals surface area contributed by atoms with Gasteiger partial charge in [0.05, 0.1) is 18.1 Å². The molecule has 0 amide bonds. The Hall–Kier alpha value is -1.83. The molecule has 8 heteroatoms. The number of rotatable bonds is 6.